The Balaban J connectivity index is 2.31. The molecule has 4 nitrogen and oxygen atoms in total. The molecular weight excluding hydrogens is 401 g/mol. The van der Waals surface area contributed by atoms with Crippen molar-refractivity contribution in [1.82, 2.24) is 4.98 Å². The normalized spacial score (nSPS) is 10.3. The summed E-state index contributed by atoms with van der Waals surface area (Å²) in [6, 6.07) is 6.01. The lowest BCUT2D eigenvalue weighted by atomic mass is 10.2. The molecule has 0 atom stereocenters. The summed E-state index contributed by atoms with van der Waals surface area (Å²) in [7, 11) is 0. The van der Waals surface area contributed by atoms with Crippen LogP contribution in [0.5, 0.6) is 11.6 Å². The van der Waals surface area contributed by atoms with Gasteiger partial charge in [0.05, 0.1) is 15.1 Å². The second kappa shape index (κ2) is 5.90. The van der Waals surface area contributed by atoms with E-state index < -0.39 is 5.97 Å². The minimum Gasteiger partial charge on any atom is -0.478 e. The van der Waals surface area contributed by atoms with Gasteiger partial charge in [-0.05, 0) is 56.1 Å². The SMILES string of the molecule is O=C(O)c1ccc(Oc2ncc(Br)cc2Br)c(Cl)c1. The molecule has 0 saturated heterocycles. The Labute approximate surface area is 130 Å². The zero-order chi connectivity index (χ0) is 14.0. The molecule has 0 bridgehead atoms. The third kappa shape index (κ3) is 3.46. The van der Waals surface area contributed by atoms with Crippen LogP contribution in [-0.4, -0.2) is 16.1 Å². The lowest BCUT2D eigenvalue weighted by Crippen LogP contribution is -1.97. The molecule has 0 radical (unpaired) electrons. The zero-order valence-electron chi connectivity index (χ0n) is 9.23. The van der Waals surface area contributed by atoms with Crippen LogP contribution in [0.3, 0.4) is 0 Å². The highest BCUT2D eigenvalue weighted by Gasteiger charge is 2.11. The highest BCUT2D eigenvalue weighted by Crippen LogP contribution is 2.33. The fourth-order valence-corrected chi connectivity index (χ4v) is 2.59. The number of ether oxygens (including phenoxy) is 1. The van der Waals surface area contributed by atoms with Gasteiger partial charge in [-0.15, -0.1) is 0 Å². The van der Waals surface area contributed by atoms with Crippen LogP contribution in [0.25, 0.3) is 0 Å². The van der Waals surface area contributed by atoms with Crippen LogP contribution in [0.15, 0.2) is 39.4 Å². The number of nitrogens with zero attached hydrogens (tertiary/aromatic N) is 1. The molecule has 0 saturated carbocycles. The highest BCUT2D eigenvalue weighted by molar-refractivity contribution is 9.11. The number of aromatic carboxylic acids is 1. The molecule has 98 valence electrons. The van der Waals surface area contributed by atoms with Crippen molar-refractivity contribution >= 4 is 49.4 Å². The molecule has 7 heteroatoms. The van der Waals surface area contributed by atoms with Gasteiger partial charge in [0.2, 0.25) is 5.88 Å². The molecule has 1 aromatic carbocycles. The van der Waals surface area contributed by atoms with Crippen molar-refractivity contribution in [3.05, 3.63) is 50.0 Å². The third-order valence-electron chi connectivity index (χ3n) is 2.16. The van der Waals surface area contributed by atoms with Crippen LogP contribution in [0, 0.1) is 0 Å². The van der Waals surface area contributed by atoms with E-state index in [0.717, 1.165) is 4.47 Å². The van der Waals surface area contributed by atoms with E-state index in [-0.39, 0.29) is 10.6 Å². The van der Waals surface area contributed by atoms with Crippen molar-refractivity contribution < 1.29 is 14.6 Å². The van der Waals surface area contributed by atoms with Gasteiger partial charge < -0.3 is 9.84 Å². The number of halogens is 3. The van der Waals surface area contributed by atoms with Gasteiger partial charge in [0, 0.05) is 10.7 Å². The van der Waals surface area contributed by atoms with Gasteiger partial charge in [0.1, 0.15) is 5.75 Å². The topological polar surface area (TPSA) is 59.4 Å². The number of hydrogen-bond acceptors (Lipinski definition) is 3. The molecule has 0 aliphatic carbocycles. The summed E-state index contributed by atoms with van der Waals surface area (Å²) in [5, 5.41) is 9.05. The van der Waals surface area contributed by atoms with E-state index in [2.05, 4.69) is 36.8 Å². The number of carboxylic acid groups (broad SMARTS) is 1. The number of carboxylic acids is 1. The monoisotopic (exact) mass is 405 g/mol. The number of carbonyl (C=O) groups is 1. The van der Waals surface area contributed by atoms with Crippen LogP contribution in [0.1, 0.15) is 10.4 Å². The Morgan fingerprint density at radius 1 is 1.32 bits per heavy atom. The van der Waals surface area contributed by atoms with Gasteiger partial charge in [-0.25, -0.2) is 9.78 Å². The third-order valence-corrected chi connectivity index (χ3v) is 3.46. The Morgan fingerprint density at radius 2 is 2.05 bits per heavy atom. The minimum absolute atomic E-state index is 0.0974. The number of pyridine rings is 1. The first kappa shape index (κ1) is 14.3. The first-order valence-electron chi connectivity index (χ1n) is 4.99. The van der Waals surface area contributed by atoms with E-state index in [1.165, 1.54) is 18.2 Å². The molecule has 19 heavy (non-hydrogen) atoms. The number of aromatic nitrogens is 1. The molecule has 2 rings (SSSR count). The largest absolute Gasteiger partial charge is 0.478 e. The highest BCUT2D eigenvalue weighted by atomic mass is 79.9. The minimum atomic E-state index is -1.05. The summed E-state index contributed by atoms with van der Waals surface area (Å²) in [6.07, 6.45) is 1.58. The number of rotatable bonds is 3. The van der Waals surface area contributed by atoms with Crippen molar-refractivity contribution in [2.75, 3.05) is 0 Å². The van der Waals surface area contributed by atoms with E-state index in [9.17, 15) is 4.79 Å². The molecule has 0 spiro atoms. The summed E-state index contributed by atoms with van der Waals surface area (Å²) in [5.74, 6) is -0.369. The molecule has 0 fully saturated rings. The molecule has 1 heterocycles. The molecule has 0 amide bonds. The fourth-order valence-electron chi connectivity index (χ4n) is 1.30. The Hall–Kier alpha value is -1.11. The average Bonchev–Trinajstić information content (AvgIpc) is 2.34. The first-order chi connectivity index (χ1) is 8.97. The fraction of sp³-hybridized carbons (Fsp3) is 0. The maximum atomic E-state index is 10.8. The van der Waals surface area contributed by atoms with Gasteiger partial charge >= 0.3 is 5.97 Å². The zero-order valence-corrected chi connectivity index (χ0v) is 13.2. The predicted molar refractivity (Wildman–Crippen MR) is 78.1 cm³/mol. The van der Waals surface area contributed by atoms with Gasteiger partial charge in [-0.1, -0.05) is 11.6 Å². The standard InChI is InChI=1S/C12H6Br2ClNO3/c13-7-4-8(14)11(16-5-7)19-10-2-1-6(12(17)18)3-9(10)15/h1-5H,(H,17,18). The molecular formula is C12H6Br2ClNO3. The van der Waals surface area contributed by atoms with Crippen molar-refractivity contribution in [2.24, 2.45) is 0 Å². The van der Waals surface area contributed by atoms with E-state index in [1.54, 1.807) is 12.3 Å². The summed E-state index contributed by atoms with van der Waals surface area (Å²) < 4.78 is 6.98. The Bertz CT molecular complexity index is 649. The lowest BCUT2D eigenvalue weighted by Gasteiger charge is -2.08. The van der Waals surface area contributed by atoms with E-state index >= 15 is 0 Å². The summed E-state index contributed by atoms with van der Waals surface area (Å²) in [4.78, 5) is 14.9. The Kier molecular flexibility index (Phi) is 4.44. The first-order valence-corrected chi connectivity index (χ1v) is 6.95. The van der Waals surface area contributed by atoms with E-state index in [0.29, 0.717) is 16.1 Å². The van der Waals surface area contributed by atoms with Gasteiger partial charge in [-0.3, -0.25) is 0 Å². The molecule has 1 aromatic heterocycles. The van der Waals surface area contributed by atoms with Gasteiger partial charge in [0.25, 0.3) is 0 Å². The van der Waals surface area contributed by atoms with Crippen molar-refractivity contribution in [3.8, 4) is 11.6 Å². The molecule has 0 aliphatic heterocycles. The molecule has 2 aromatic rings. The van der Waals surface area contributed by atoms with Crippen LogP contribution in [-0.2, 0) is 0 Å². The summed E-state index contributed by atoms with van der Waals surface area (Å²) >= 11 is 12.6. The van der Waals surface area contributed by atoms with Crippen LogP contribution in [0.2, 0.25) is 5.02 Å². The van der Waals surface area contributed by atoms with Crippen molar-refractivity contribution in [2.45, 2.75) is 0 Å². The van der Waals surface area contributed by atoms with E-state index in [1.807, 2.05) is 0 Å². The van der Waals surface area contributed by atoms with Crippen molar-refractivity contribution in [3.63, 3.8) is 0 Å². The van der Waals surface area contributed by atoms with Crippen molar-refractivity contribution in [1.29, 1.82) is 0 Å². The average molecular weight is 407 g/mol. The van der Waals surface area contributed by atoms with Gasteiger partial charge in [0.15, 0.2) is 0 Å². The molecule has 0 unspecified atom stereocenters. The summed E-state index contributed by atoms with van der Waals surface area (Å²) in [5.41, 5.74) is 0.0974. The smallest absolute Gasteiger partial charge is 0.335 e. The Morgan fingerprint density at radius 3 is 2.63 bits per heavy atom. The number of hydrogen-bond donors (Lipinski definition) is 1. The molecule has 0 aliphatic rings. The van der Waals surface area contributed by atoms with Crippen LogP contribution in [0.4, 0.5) is 0 Å². The van der Waals surface area contributed by atoms with Crippen LogP contribution < -0.4 is 4.74 Å². The lowest BCUT2D eigenvalue weighted by molar-refractivity contribution is 0.0697. The second-order valence-corrected chi connectivity index (χ2v) is 5.67. The quantitative estimate of drug-likeness (QED) is 0.798. The maximum absolute atomic E-state index is 10.8. The number of benzene rings is 1. The van der Waals surface area contributed by atoms with Gasteiger partial charge in [-0.2, -0.15) is 0 Å². The maximum Gasteiger partial charge on any atom is 0.335 e. The predicted octanol–water partition coefficient (Wildman–Crippen LogP) is 4.75. The second-order valence-electron chi connectivity index (χ2n) is 3.49. The summed E-state index contributed by atoms with van der Waals surface area (Å²) in [6.45, 7) is 0. The van der Waals surface area contributed by atoms with E-state index in [4.69, 9.17) is 21.4 Å². The molecule has 1 N–H and O–H groups in total. The van der Waals surface area contributed by atoms with Crippen LogP contribution >= 0.6 is 43.5 Å².